The Bertz CT molecular complexity index is 1450. The minimum absolute atomic E-state index is 0.00315. The monoisotopic (exact) mass is 594 g/mol. The lowest BCUT2D eigenvalue weighted by Crippen LogP contribution is -2.20. The summed E-state index contributed by atoms with van der Waals surface area (Å²) in [6.45, 7) is 0.483. The summed E-state index contributed by atoms with van der Waals surface area (Å²) in [6.07, 6.45) is 2.15. The number of halogens is 2. The van der Waals surface area contributed by atoms with Gasteiger partial charge in [-0.2, -0.15) is 5.10 Å². The van der Waals surface area contributed by atoms with Crippen LogP contribution in [0.4, 0.5) is 11.4 Å². The molecule has 0 aliphatic carbocycles. The number of epoxide rings is 1. The first-order valence-electron chi connectivity index (χ1n) is 12.8. The number of carbonyl (C=O) groups excluding carboxylic acids is 3. The van der Waals surface area contributed by atoms with E-state index in [0.29, 0.717) is 40.3 Å². The average Bonchev–Trinajstić information content (AvgIpc) is 3.72. The third kappa shape index (κ3) is 9.93. The number of amides is 3. The lowest BCUT2D eigenvalue weighted by molar-refractivity contribution is -0.124. The number of ether oxygens (including phenoxy) is 1. The number of hydrogen-bond donors (Lipinski definition) is 4. The number of hydrazone groups is 2. The molecule has 12 heteroatoms. The number of benzene rings is 3. The van der Waals surface area contributed by atoms with Crippen LogP contribution in [-0.2, 0) is 25.7 Å². The first-order chi connectivity index (χ1) is 19.9. The highest BCUT2D eigenvalue weighted by atomic mass is 35.5. The smallest absolute Gasteiger partial charge is 0.248 e. The first-order valence-corrected chi connectivity index (χ1v) is 13.6. The molecule has 1 heterocycles. The van der Waals surface area contributed by atoms with Crippen molar-refractivity contribution in [2.45, 2.75) is 38.3 Å². The van der Waals surface area contributed by atoms with Crippen LogP contribution in [0.15, 0.2) is 83.0 Å². The molecule has 0 spiro atoms. The highest BCUT2D eigenvalue weighted by Gasteiger charge is 2.35. The van der Waals surface area contributed by atoms with Crippen LogP contribution in [0.3, 0.4) is 0 Å². The predicted molar refractivity (Wildman–Crippen MR) is 160 cm³/mol. The Kier molecular flexibility index (Phi) is 10.7. The quantitative estimate of drug-likeness (QED) is 0.124. The molecule has 1 fully saturated rings. The highest BCUT2D eigenvalue weighted by Crippen LogP contribution is 2.23. The Morgan fingerprint density at radius 2 is 1.37 bits per heavy atom. The number of carbonyl (C=O) groups is 3. The van der Waals surface area contributed by atoms with Crippen LogP contribution in [0.5, 0.6) is 0 Å². The first kappa shape index (κ1) is 29.6. The molecule has 0 bridgehead atoms. The molecule has 1 saturated heterocycles. The molecule has 0 aromatic heterocycles. The van der Waals surface area contributed by atoms with E-state index in [4.69, 9.17) is 27.9 Å². The van der Waals surface area contributed by atoms with Crippen LogP contribution in [-0.4, -0.2) is 35.9 Å². The van der Waals surface area contributed by atoms with Gasteiger partial charge in [0.25, 0.3) is 0 Å². The van der Waals surface area contributed by atoms with Gasteiger partial charge in [-0.1, -0.05) is 71.7 Å². The van der Waals surface area contributed by atoms with Gasteiger partial charge in [-0.05, 0) is 35.4 Å². The Morgan fingerprint density at radius 3 is 2.00 bits per heavy atom. The van der Waals surface area contributed by atoms with E-state index in [-0.39, 0.29) is 43.1 Å². The van der Waals surface area contributed by atoms with Gasteiger partial charge in [0.1, 0.15) is 0 Å². The van der Waals surface area contributed by atoms with Gasteiger partial charge < -0.3 is 20.8 Å². The predicted octanol–water partition coefficient (Wildman–Crippen LogP) is 5.08. The molecular weight excluding hydrogens is 567 g/mol. The fourth-order valence-corrected chi connectivity index (χ4v) is 3.96. The zero-order chi connectivity index (χ0) is 29.0. The number of nitrogens with one attached hydrogen (secondary N) is 4. The number of hydrogen-bond acceptors (Lipinski definition) is 7. The van der Waals surface area contributed by atoms with Gasteiger partial charge in [-0.25, -0.2) is 5.43 Å². The third-order valence-corrected chi connectivity index (χ3v) is 6.50. The lowest BCUT2D eigenvalue weighted by Gasteiger charge is -2.06. The zero-order valence-electron chi connectivity index (χ0n) is 21.9. The molecule has 3 aromatic carbocycles. The molecule has 1 unspecified atom stereocenters. The number of nitrogens with zero attached hydrogens (tertiary/aromatic N) is 2. The highest BCUT2D eigenvalue weighted by molar-refractivity contribution is 6.34. The summed E-state index contributed by atoms with van der Waals surface area (Å²) in [5.74, 6) is -0.262. The molecule has 3 aromatic rings. The minimum Gasteiger partial charge on any atom is -0.464 e. The Balaban J connectivity index is 1.09. The van der Waals surface area contributed by atoms with Crippen molar-refractivity contribution >= 4 is 64.4 Å². The summed E-state index contributed by atoms with van der Waals surface area (Å²) in [6, 6.07) is 21.5. The maximum absolute atomic E-state index is 12.1. The summed E-state index contributed by atoms with van der Waals surface area (Å²) >= 11 is 12.1. The summed E-state index contributed by atoms with van der Waals surface area (Å²) in [7, 11) is 0. The van der Waals surface area contributed by atoms with Gasteiger partial charge in [0.05, 0.1) is 34.2 Å². The summed E-state index contributed by atoms with van der Waals surface area (Å²) in [5.41, 5.74) is 8.23. The lowest BCUT2D eigenvalue weighted by atomic mass is 10.1. The summed E-state index contributed by atoms with van der Waals surface area (Å²) < 4.78 is 5.43. The molecule has 0 saturated carbocycles. The van der Waals surface area contributed by atoms with E-state index in [1.807, 2.05) is 24.3 Å². The molecule has 0 radical (unpaired) electrons. The largest absolute Gasteiger partial charge is 0.464 e. The van der Waals surface area contributed by atoms with E-state index in [2.05, 4.69) is 31.7 Å². The van der Waals surface area contributed by atoms with Crippen molar-refractivity contribution in [3.8, 4) is 0 Å². The molecule has 41 heavy (non-hydrogen) atoms. The van der Waals surface area contributed by atoms with E-state index in [9.17, 15) is 14.4 Å². The van der Waals surface area contributed by atoms with Gasteiger partial charge in [0.2, 0.25) is 23.6 Å². The molecule has 1 atom stereocenters. The summed E-state index contributed by atoms with van der Waals surface area (Å²) in [5, 5.41) is 14.5. The topological polar surface area (TPSA) is 137 Å². The van der Waals surface area contributed by atoms with Crippen LogP contribution >= 0.6 is 23.2 Å². The second kappa shape index (κ2) is 14.8. The molecular formula is C29H28Cl2N6O4. The van der Waals surface area contributed by atoms with Gasteiger partial charge in [0, 0.05) is 25.7 Å². The van der Waals surface area contributed by atoms with Gasteiger partial charge in [-0.15, -0.1) is 5.10 Å². The SMILES string of the molecule is O=C(CCC(=O)Nc1ccccc1Cl)N/N=C\c1ccc(CNN=C2OC2CCC(=O)Nc2ccccc2Cl)cc1. The van der Waals surface area contributed by atoms with Crippen LogP contribution in [0.1, 0.15) is 36.8 Å². The van der Waals surface area contributed by atoms with E-state index in [1.54, 1.807) is 48.5 Å². The maximum atomic E-state index is 12.1. The molecule has 10 nitrogen and oxygen atoms in total. The van der Waals surface area contributed by atoms with Crippen LogP contribution in [0, 0.1) is 0 Å². The fraction of sp³-hybridized carbons (Fsp3) is 0.207. The van der Waals surface area contributed by atoms with Crippen molar-refractivity contribution in [1.29, 1.82) is 0 Å². The van der Waals surface area contributed by atoms with Crippen LogP contribution in [0.2, 0.25) is 10.0 Å². The fourth-order valence-electron chi connectivity index (χ4n) is 3.60. The van der Waals surface area contributed by atoms with Crippen molar-refractivity contribution in [2.24, 2.45) is 10.2 Å². The maximum Gasteiger partial charge on any atom is 0.248 e. The van der Waals surface area contributed by atoms with E-state index in [1.165, 1.54) is 6.21 Å². The van der Waals surface area contributed by atoms with Crippen LogP contribution in [0.25, 0.3) is 0 Å². The normalized spacial score (nSPS) is 14.8. The molecule has 1 aliphatic heterocycles. The molecule has 4 N–H and O–H groups in total. The summed E-state index contributed by atoms with van der Waals surface area (Å²) in [4.78, 5) is 36.1. The zero-order valence-corrected chi connectivity index (χ0v) is 23.4. The van der Waals surface area contributed by atoms with E-state index < -0.39 is 0 Å². The van der Waals surface area contributed by atoms with E-state index >= 15 is 0 Å². The van der Waals surface area contributed by atoms with Crippen molar-refractivity contribution in [1.82, 2.24) is 10.9 Å². The number of para-hydroxylation sites is 2. The van der Waals surface area contributed by atoms with Crippen LogP contribution < -0.4 is 21.5 Å². The van der Waals surface area contributed by atoms with Gasteiger partial charge in [-0.3, -0.25) is 14.4 Å². The van der Waals surface area contributed by atoms with Crippen molar-refractivity contribution in [3.05, 3.63) is 94.0 Å². The second-order valence-electron chi connectivity index (χ2n) is 9.02. The van der Waals surface area contributed by atoms with Gasteiger partial charge >= 0.3 is 0 Å². The van der Waals surface area contributed by atoms with Crippen molar-refractivity contribution in [2.75, 3.05) is 10.6 Å². The number of rotatable bonds is 13. The minimum atomic E-state index is -0.377. The second-order valence-corrected chi connectivity index (χ2v) is 9.84. The van der Waals surface area contributed by atoms with Crippen molar-refractivity contribution in [3.63, 3.8) is 0 Å². The molecule has 4 rings (SSSR count). The van der Waals surface area contributed by atoms with Crippen molar-refractivity contribution < 1.29 is 19.1 Å². The molecule has 3 amide bonds. The van der Waals surface area contributed by atoms with Gasteiger partial charge in [0.15, 0.2) is 6.10 Å². The molecule has 1 aliphatic rings. The Morgan fingerprint density at radius 1 is 0.780 bits per heavy atom. The standard InChI is InChI=1S/C29H28Cl2N6O4/c30-21-5-1-3-7-23(21)34-26(38)14-13-25-29(41-25)37-33-18-20-11-9-19(10-12-20)17-32-36-28(40)16-15-27(39)35-24-8-4-2-6-22(24)31/h1-12,17,25,33H,13-16,18H2,(H,34,38)(H,35,39)(H,36,40)/b32-17-,37-29?. The third-order valence-electron chi connectivity index (χ3n) is 5.84. The number of anilines is 2. The molecule has 212 valence electrons. The Labute approximate surface area is 247 Å². The Hall–Kier alpha value is -4.41. The average molecular weight is 595 g/mol. The van der Waals surface area contributed by atoms with E-state index in [0.717, 1.165) is 11.1 Å².